The van der Waals surface area contributed by atoms with Gasteiger partial charge in [-0.1, -0.05) is 6.07 Å². The van der Waals surface area contributed by atoms with Crippen molar-refractivity contribution in [2.45, 2.75) is 13.5 Å². The molecule has 0 aliphatic heterocycles. The molecule has 0 saturated carbocycles. The molecule has 15 heavy (non-hydrogen) atoms. The van der Waals surface area contributed by atoms with E-state index in [1.165, 1.54) is 6.07 Å². The van der Waals surface area contributed by atoms with Gasteiger partial charge in [0, 0.05) is 12.7 Å². The van der Waals surface area contributed by atoms with Crippen LogP contribution in [0.15, 0.2) is 30.6 Å². The molecule has 1 heterocycles. The fraction of sp³-hybridized carbons (Fsp3) is 0.182. The van der Waals surface area contributed by atoms with Crippen LogP contribution >= 0.6 is 0 Å². The lowest BCUT2D eigenvalue weighted by atomic mass is 10.1. The lowest BCUT2D eigenvalue weighted by molar-refractivity contribution is 0.625. The van der Waals surface area contributed by atoms with Crippen LogP contribution in [0.3, 0.4) is 0 Å². The Hall–Kier alpha value is -1.84. The second-order valence-corrected chi connectivity index (χ2v) is 3.41. The third-order valence-electron chi connectivity index (χ3n) is 2.29. The van der Waals surface area contributed by atoms with Gasteiger partial charge in [-0.2, -0.15) is 5.10 Å². The highest BCUT2D eigenvalue weighted by atomic mass is 19.1. The van der Waals surface area contributed by atoms with E-state index >= 15 is 0 Å². The summed E-state index contributed by atoms with van der Waals surface area (Å²) in [4.78, 5) is 0. The number of nitrogens with zero attached hydrogens (tertiary/aromatic N) is 1. The zero-order valence-corrected chi connectivity index (χ0v) is 8.42. The number of halogens is 1. The van der Waals surface area contributed by atoms with Crippen molar-refractivity contribution >= 4 is 5.69 Å². The molecule has 78 valence electrons. The summed E-state index contributed by atoms with van der Waals surface area (Å²) in [5.41, 5.74) is 2.93. The number of rotatable bonds is 3. The molecule has 0 radical (unpaired) electrons. The van der Waals surface area contributed by atoms with E-state index in [0.717, 1.165) is 16.8 Å². The van der Waals surface area contributed by atoms with Crippen molar-refractivity contribution in [3.63, 3.8) is 0 Å². The average Bonchev–Trinajstić information content (AvgIpc) is 2.72. The van der Waals surface area contributed by atoms with E-state index in [2.05, 4.69) is 15.5 Å². The summed E-state index contributed by atoms with van der Waals surface area (Å²) in [6.45, 7) is 2.56. The van der Waals surface area contributed by atoms with Crippen molar-refractivity contribution in [2.24, 2.45) is 0 Å². The molecular formula is C11H12FN3. The van der Waals surface area contributed by atoms with Crippen LogP contribution in [-0.2, 0) is 6.54 Å². The Bertz CT molecular complexity index is 437. The predicted molar refractivity (Wildman–Crippen MR) is 57.1 cm³/mol. The summed E-state index contributed by atoms with van der Waals surface area (Å²) >= 11 is 0. The summed E-state index contributed by atoms with van der Waals surface area (Å²) < 4.78 is 13.0. The molecule has 4 heteroatoms. The Morgan fingerprint density at radius 2 is 2.33 bits per heavy atom. The van der Waals surface area contributed by atoms with Gasteiger partial charge in [0.05, 0.1) is 11.9 Å². The van der Waals surface area contributed by atoms with Crippen LogP contribution in [0.25, 0.3) is 0 Å². The van der Waals surface area contributed by atoms with Crippen LogP contribution in [0.5, 0.6) is 0 Å². The summed E-state index contributed by atoms with van der Waals surface area (Å²) in [7, 11) is 0. The number of anilines is 1. The first-order valence-electron chi connectivity index (χ1n) is 4.73. The van der Waals surface area contributed by atoms with Gasteiger partial charge < -0.3 is 5.32 Å². The molecular weight excluding hydrogens is 193 g/mol. The third-order valence-corrected chi connectivity index (χ3v) is 2.29. The van der Waals surface area contributed by atoms with Crippen molar-refractivity contribution < 1.29 is 4.39 Å². The van der Waals surface area contributed by atoms with Crippen LogP contribution in [0.1, 0.15) is 11.1 Å². The van der Waals surface area contributed by atoms with Gasteiger partial charge in [-0.15, -0.1) is 0 Å². The van der Waals surface area contributed by atoms with Crippen LogP contribution in [-0.4, -0.2) is 10.2 Å². The molecule has 2 aromatic rings. The first-order chi connectivity index (χ1) is 7.25. The van der Waals surface area contributed by atoms with Crippen LogP contribution < -0.4 is 5.32 Å². The minimum absolute atomic E-state index is 0.204. The quantitative estimate of drug-likeness (QED) is 0.808. The topological polar surface area (TPSA) is 40.7 Å². The zero-order chi connectivity index (χ0) is 10.7. The molecule has 0 bridgehead atoms. The Morgan fingerprint density at radius 1 is 1.47 bits per heavy atom. The summed E-state index contributed by atoms with van der Waals surface area (Å²) in [6.07, 6.45) is 3.45. The molecule has 2 rings (SSSR count). The van der Waals surface area contributed by atoms with Gasteiger partial charge in [0.25, 0.3) is 0 Å². The largest absolute Gasteiger partial charge is 0.378 e. The number of hydrogen-bond donors (Lipinski definition) is 2. The molecule has 0 aliphatic carbocycles. The summed E-state index contributed by atoms with van der Waals surface area (Å²) in [6, 6.07) is 4.79. The van der Waals surface area contributed by atoms with E-state index in [-0.39, 0.29) is 5.82 Å². The van der Waals surface area contributed by atoms with E-state index in [9.17, 15) is 4.39 Å². The van der Waals surface area contributed by atoms with Crippen molar-refractivity contribution in [3.8, 4) is 0 Å². The lowest BCUT2D eigenvalue weighted by Crippen LogP contribution is -2.00. The van der Waals surface area contributed by atoms with E-state index in [1.54, 1.807) is 24.5 Å². The van der Waals surface area contributed by atoms with Gasteiger partial charge in [-0.25, -0.2) is 4.39 Å². The lowest BCUT2D eigenvalue weighted by Gasteiger charge is -2.06. The highest BCUT2D eigenvalue weighted by Crippen LogP contribution is 2.12. The van der Waals surface area contributed by atoms with Crippen LogP contribution in [0.2, 0.25) is 0 Å². The SMILES string of the molecule is Cc1ccc(F)cc1CNc1cn[nH]c1. The van der Waals surface area contributed by atoms with E-state index in [4.69, 9.17) is 0 Å². The number of nitrogens with one attached hydrogen (secondary N) is 2. The van der Waals surface area contributed by atoms with Crippen molar-refractivity contribution in [1.82, 2.24) is 10.2 Å². The van der Waals surface area contributed by atoms with Gasteiger partial charge in [0.15, 0.2) is 0 Å². The monoisotopic (exact) mass is 205 g/mol. The molecule has 0 saturated heterocycles. The fourth-order valence-electron chi connectivity index (χ4n) is 1.38. The van der Waals surface area contributed by atoms with E-state index in [0.29, 0.717) is 6.54 Å². The highest BCUT2D eigenvalue weighted by molar-refractivity contribution is 5.39. The molecule has 0 amide bonds. The minimum atomic E-state index is -0.204. The number of aromatic nitrogens is 2. The molecule has 3 nitrogen and oxygen atoms in total. The van der Waals surface area contributed by atoms with E-state index in [1.807, 2.05) is 6.92 Å². The number of benzene rings is 1. The zero-order valence-electron chi connectivity index (χ0n) is 8.42. The average molecular weight is 205 g/mol. The fourth-order valence-corrected chi connectivity index (χ4v) is 1.38. The molecule has 1 aromatic carbocycles. The first kappa shape index (κ1) is 9.71. The number of hydrogen-bond acceptors (Lipinski definition) is 2. The van der Waals surface area contributed by atoms with Crippen LogP contribution in [0.4, 0.5) is 10.1 Å². The molecule has 0 spiro atoms. The predicted octanol–water partition coefficient (Wildman–Crippen LogP) is 2.47. The van der Waals surface area contributed by atoms with Crippen molar-refractivity contribution in [3.05, 3.63) is 47.5 Å². The van der Waals surface area contributed by atoms with Crippen molar-refractivity contribution in [1.29, 1.82) is 0 Å². The maximum Gasteiger partial charge on any atom is 0.123 e. The van der Waals surface area contributed by atoms with Gasteiger partial charge in [-0.05, 0) is 30.2 Å². The molecule has 0 atom stereocenters. The molecule has 0 fully saturated rings. The van der Waals surface area contributed by atoms with Gasteiger partial charge in [-0.3, -0.25) is 5.10 Å². The first-order valence-corrected chi connectivity index (χ1v) is 4.73. The Balaban J connectivity index is 2.07. The van der Waals surface area contributed by atoms with Gasteiger partial charge in [0.2, 0.25) is 0 Å². The molecule has 0 unspecified atom stereocenters. The Morgan fingerprint density at radius 3 is 3.07 bits per heavy atom. The Labute approximate surface area is 87.3 Å². The highest BCUT2D eigenvalue weighted by Gasteiger charge is 2.00. The summed E-state index contributed by atoms with van der Waals surface area (Å²) in [5.74, 6) is -0.204. The van der Waals surface area contributed by atoms with Gasteiger partial charge >= 0.3 is 0 Å². The van der Waals surface area contributed by atoms with Crippen LogP contribution in [0, 0.1) is 12.7 Å². The molecule has 2 N–H and O–H groups in total. The normalized spacial score (nSPS) is 10.3. The standard InChI is InChI=1S/C11H12FN3/c1-8-2-3-10(12)4-9(8)5-13-11-6-14-15-7-11/h2-4,6-7,13H,5H2,1H3,(H,14,15). The number of aromatic amines is 1. The number of aryl methyl sites for hydroxylation is 1. The second-order valence-electron chi connectivity index (χ2n) is 3.41. The second kappa shape index (κ2) is 4.13. The molecule has 0 aliphatic rings. The smallest absolute Gasteiger partial charge is 0.123 e. The maximum atomic E-state index is 13.0. The minimum Gasteiger partial charge on any atom is -0.378 e. The Kier molecular flexibility index (Phi) is 2.67. The number of H-pyrrole nitrogens is 1. The van der Waals surface area contributed by atoms with Crippen molar-refractivity contribution in [2.75, 3.05) is 5.32 Å². The maximum absolute atomic E-state index is 13.0. The molecule has 1 aromatic heterocycles. The van der Waals surface area contributed by atoms with E-state index < -0.39 is 0 Å². The third kappa shape index (κ3) is 2.34. The van der Waals surface area contributed by atoms with Gasteiger partial charge in [0.1, 0.15) is 5.82 Å². The summed E-state index contributed by atoms with van der Waals surface area (Å²) in [5, 5.41) is 9.67.